The molecule has 1 aromatic carbocycles. The van der Waals surface area contributed by atoms with Crippen LogP contribution in [0.5, 0.6) is 0 Å². The minimum Gasteiger partial charge on any atom is -0.329 e. The summed E-state index contributed by atoms with van der Waals surface area (Å²) in [7, 11) is -3.30. The fourth-order valence-corrected chi connectivity index (χ4v) is 1.71. The predicted molar refractivity (Wildman–Crippen MR) is 59.3 cm³/mol. The minimum atomic E-state index is -3.30. The Bertz CT molecular complexity index is 468. The van der Waals surface area contributed by atoms with Gasteiger partial charge in [-0.05, 0) is 24.6 Å². The van der Waals surface area contributed by atoms with Gasteiger partial charge >= 0.3 is 0 Å². The van der Waals surface area contributed by atoms with E-state index < -0.39 is 10.0 Å². The lowest BCUT2D eigenvalue weighted by atomic mass is 10.2. The predicted octanol–water partition coefficient (Wildman–Crippen LogP) is 0.935. The van der Waals surface area contributed by atoms with E-state index >= 15 is 0 Å². The van der Waals surface area contributed by atoms with Crippen LogP contribution in [0, 0.1) is 6.92 Å². The van der Waals surface area contributed by atoms with Crippen LogP contribution in [0.4, 0.5) is 11.4 Å². The number of hydrogen-bond acceptors (Lipinski definition) is 3. The molecule has 0 aliphatic heterocycles. The maximum absolute atomic E-state index is 11.0. The molecule has 0 saturated carbocycles. The van der Waals surface area contributed by atoms with E-state index in [1.54, 1.807) is 25.1 Å². The summed E-state index contributed by atoms with van der Waals surface area (Å²) in [5, 5.41) is 2.45. The molecule has 0 aliphatic rings. The normalized spacial score (nSPS) is 10.8. The van der Waals surface area contributed by atoms with E-state index in [4.69, 9.17) is 0 Å². The van der Waals surface area contributed by atoms with Gasteiger partial charge in [-0.15, -0.1) is 0 Å². The van der Waals surface area contributed by atoms with Crippen LogP contribution in [-0.4, -0.2) is 21.1 Å². The summed E-state index contributed by atoms with van der Waals surface area (Å²) in [6, 6.07) is 4.97. The molecule has 6 heteroatoms. The second-order valence-corrected chi connectivity index (χ2v) is 4.91. The van der Waals surface area contributed by atoms with Crippen molar-refractivity contribution in [2.75, 3.05) is 16.3 Å². The first-order chi connectivity index (χ1) is 6.92. The summed E-state index contributed by atoms with van der Waals surface area (Å²) >= 11 is 0. The average Bonchev–Trinajstić information content (AvgIpc) is 2.09. The number of benzene rings is 1. The number of aryl methyl sites for hydroxylation is 1. The molecule has 0 spiro atoms. The number of nitrogens with one attached hydrogen (secondary N) is 2. The lowest BCUT2D eigenvalue weighted by Crippen LogP contribution is -2.10. The summed E-state index contributed by atoms with van der Waals surface area (Å²) in [6.07, 6.45) is 1.61. The number of amides is 1. The van der Waals surface area contributed by atoms with Crippen molar-refractivity contribution < 1.29 is 13.2 Å². The second kappa shape index (κ2) is 4.31. The molecule has 1 amide bonds. The number of rotatable bonds is 4. The Morgan fingerprint density at radius 2 is 2.00 bits per heavy atom. The van der Waals surface area contributed by atoms with Gasteiger partial charge in [0.2, 0.25) is 16.4 Å². The molecule has 1 rings (SSSR count). The zero-order valence-corrected chi connectivity index (χ0v) is 9.26. The van der Waals surface area contributed by atoms with Gasteiger partial charge in [-0.25, -0.2) is 8.42 Å². The molecular weight excluding hydrogens is 216 g/mol. The van der Waals surface area contributed by atoms with Crippen molar-refractivity contribution in [2.24, 2.45) is 0 Å². The summed E-state index contributed by atoms with van der Waals surface area (Å²) in [6.45, 7) is 1.78. The molecule has 2 N–H and O–H groups in total. The van der Waals surface area contributed by atoms with Crippen LogP contribution >= 0.6 is 0 Å². The fraction of sp³-hybridized carbons (Fsp3) is 0.222. The molecule has 5 nitrogen and oxygen atoms in total. The van der Waals surface area contributed by atoms with Crippen LogP contribution in [-0.2, 0) is 14.8 Å². The molecular formula is C9H12N2O3S. The Morgan fingerprint density at radius 3 is 2.53 bits per heavy atom. The molecule has 0 saturated heterocycles. The van der Waals surface area contributed by atoms with E-state index in [0.29, 0.717) is 17.8 Å². The van der Waals surface area contributed by atoms with Crippen molar-refractivity contribution in [2.45, 2.75) is 6.92 Å². The van der Waals surface area contributed by atoms with E-state index in [2.05, 4.69) is 10.0 Å². The Morgan fingerprint density at radius 1 is 1.33 bits per heavy atom. The van der Waals surface area contributed by atoms with Crippen molar-refractivity contribution in [1.29, 1.82) is 0 Å². The van der Waals surface area contributed by atoms with Crippen molar-refractivity contribution >= 4 is 27.8 Å². The number of carbonyl (C=O) groups excluding carboxylic acids is 1. The van der Waals surface area contributed by atoms with Gasteiger partial charge < -0.3 is 5.32 Å². The number of carbonyl (C=O) groups is 1. The molecule has 0 heterocycles. The highest BCUT2D eigenvalue weighted by Crippen LogP contribution is 2.20. The first-order valence-electron chi connectivity index (χ1n) is 4.21. The molecule has 0 aromatic heterocycles. The molecule has 0 atom stereocenters. The van der Waals surface area contributed by atoms with Gasteiger partial charge in [0.15, 0.2) is 0 Å². The third-order valence-electron chi connectivity index (χ3n) is 1.76. The standard InChI is InChI=1S/C9H12N2O3S/c1-7-3-4-8(10-6-12)5-9(7)11-15(2,13)14/h3-6,11H,1-2H3,(H,10,12). The SMILES string of the molecule is Cc1ccc(NC=O)cc1NS(C)(=O)=O. The van der Waals surface area contributed by atoms with Gasteiger partial charge in [0.25, 0.3) is 0 Å². The van der Waals surface area contributed by atoms with Crippen LogP contribution in [0.1, 0.15) is 5.56 Å². The van der Waals surface area contributed by atoms with Gasteiger partial charge in [0.05, 0.1) is 11.9 Å². The van der Waals surface area contributed by atoms with Crippen molar-refractivity contribution in [1.82, 2.24) is 0 Å². The van der Waals surface area contributed by atoms with Crippen LogP contribution in [0.3, 0.4) is 0 Å². The summed E-state index contributed by atoms with van der Waals surface area (Å²) in [5.41, 5.74) is 1.79. The summed E-state index contributed by atoms with van der Waals surface area (Å²) < 4.78 is 24.4. The van der Waals surface area contributed by atoms with Crippen molar-refractivity contribution in [3.63, 3.8) is 0 Å². The molecule has 1 aromatic rings. The molecule has 0 aliphatic carbocycles. The van der Waals surface area contributed by atoms with E-state index in [1.807, 2.05) is 0 Å². The molecule has 15 heavy (non-hydrogen) atoms. The lowest BCUT2D eigenvalue weighted by molar-refractivity contribution is -0.105. The third-order valence-corrected chi connectivity index (χ3v) is 2.35. The summed E-state index contributed by atoms with van der Waals surface area (Å²) in [4.78, 5) is 10.2. The van der Waals surface area contributed by atoms with Crippen molar-refractivity contribution in [3.8, 4) is 0 Å². The van der Waals surface area contributed by atoms with Crippen LogP contribution in [0.25, 0.3) is 0 Å². The molecule has 0 fully saturated rings. The third kappa shape index (κ3) is 3.59. The largest absolute Gasteiger partial charge is 0.329 e. The zero-order chi connectivity index (χ0) is 11.5. The van der Waals surface area contributed by atoms with E-state index in [1.165, 1.54) is 0 Å². The van der Waals surface area contributed by atoms with Gasteiger partial charge in [0.1, 0.15) is 0 Å². The zero-order valence-electron chi connectivity index (χ0n) is 8.44. The number of sulfonamides is 1. The summed E-state index contributed by atoms with van der Waals surface area (Å²) in [5.74, 6) is 0. The Balaban J connectivity index is 3.05. The second-order valence-electron chi connectivity index (χ2n) is 3.17. The monoisotopic (exact) mass is 228 g/mol. The van der Waals surface area contributed by atoms with Gasteiger partial charge in [-0.1, -0.05) is 6.07 Å². The Labute approximate surface area is 88.5 Å². The van der Waals surface area contributed by atoms with E-state index in [-0.39, 0.29) is 0 Å². The maximum Gasteiger partial charge on any atom is 0.229 e. The molecule has 0 bridgehead atoms. The highest BCUT2D eigenvalue weighted by atomic mass is 32.2. The van der Waals surface area contributed by atoms with Crippen LogP contribution in [0.2, 0.25) is 0 Å². The smallest absolute Gasteiger partial charge is 0.229 e. The van der Waals surface area contributed by atoms with Gasteiger partial charge in [0, 0.05) is 5.69 Å². The van der Waals surface area contributed by atoms with Gasteiger partial charge in [-0.2, -0.15) is 0 Å². The van der Waals surface area contributed by atoms with E-state index in [9.17, 15) is 13.2 Å². The van der Waals surface area contributed by atoms with Crippen LogP contribution in [0.15, 0.2) is 18.2 Å². The first kappa shape index (κ1) is 11.5. The maximum atomic E-state index is 11.0. The average molecular weight is 228 g/mol. The Kier molecular flexibility index (Phi) is 3.31. The van der Waals surface area contributed by atoms with Gasteiger partial charge in [-0.3, -0.25) is 9.52 Å². The first-order valence-corrected chi connectivity index (χ1v) is 6.10. The molecule has 0 radical (unpaired) electrons. The topological polar surface area (TPSA) is 75.3 Å². The van der Waals surface area contributed by atoms with Crippen LogP contribution < -0.4 is 10.0 Å². The fourth-order valence-electron chi connectivity index (χ4n) is 1.09. The highest BCUT2D eigenvalue weighted by Gasteiger charge is 2.05. The molecule has 0 unspecified atom stereocenters. The molecule has 82 valence electrons. The quantitative estimate of drug-likeness (QED) is 0.753. The van der Waals surface area contributed by atoms with Crippen molar-refractivity contribution in [3.05, 3.63) is 23.8 Å². The number of hydrogen-bond donors (Lipinski definition) is 2. The number of anilines is 2. The van der Waals surface area contributed by atoms with E-state index in [0.717, 1.165) is 11.8 Å². The lowest BCUT2D eigenvalue weighted by Gasteiger charge is -2.09. The minimum absolute atomic E-state index is 0.462. The highest BCUT2D eigenvalue weighted by molar-refractivity contribution is 7.92. The Hall–Kier alpha value is -1.56.